The van der Waals surface area contributed by atoms with Crippen LogP contribution in [0, 0.1) is 15.9 Å². The third kappa shape index (κ3) is 2.00. The molecule has 0 atom stereocenters. The summed E-state index contributed by atoms with van der Waals surface area (Å²) in [6.07, 6.45) is 0. The van der Waals surface area contributed by atoms with E-state index in [-0.39, 0.29) is 5.56 Å². The Hall–Kier alpha value is -1.98. The number of rotatable bonds is 3. The molecule has 1 aromatic rings. The summed E-state index contributed by atoms with van der Waals surface area (Å²) in [7, 11) is 0. The highest BCUT2D eigenvalue weighted by Crippen LogP contribution is 2.28. The van der Waals surface area contributed by atoms with Crippen LogP contribution in [0.5, 0.6) is 0 Å². The maximum atomic E-state index is 13.0. The molecule has 0 aliphatic carbocycles. The standard InChI is InChI=1S/C10H10FNO4/c1-10(2,9(13)14)6-3-4-7(11)8(5-6)12(15)16/h3-5H,1-2H3,(H,13,14). The van der Waals surface area contributed by atoms with Gasteiger partial charge in [-0.1, -0.05) is 6.07 Å². The molecule has 0 aromatic heterocycles. The first-order chi connectivity index (χ1) is 7.26. The third-order valence-corrected chi connectivity index (χ3v) is 2.40. The molecule has 0 saturated carbocycles. The van der Waals surface area contributed by atoms with Crippen molar-refractivity contribution in [3.05, 3.63) is 39.7 Å². The molecule has 86 valence electrons. The first-order valence-corrected chi connectivity index (χ1v) is 4.44. The van der Waals surface area contributed by atoms with Gasteiger partial charge in [-0.3, -0.25) is 14.9 Å². The maximum absolute atomic E-state index is 13.0. The van der Waals surface area contributed by atoms with Gasteiger partial charge in [-0.15, -0.1) is 0 Å². The zero-order valence-electron chi connectivity index (χ0n) is 8.73. The minimum absolute atomic E-state index is 0.188. The second-order valence-electron chi connectivity index (χ2n) is 3.85. The number of carboxylic acid groups (broad SMARTS) is 1. The van der Waals surface area contributed by atoms with Gasteiger partial charge in [0.1, 0.15) is 0 Å². The lowest BCUT2D eigenvalue weighted by Gasteiger charge is -2.19. The molecule has 0 saturated heterocycles. The monoisotopic (exact) mass is 227 g/mol. The highest BCUT2D eigenvalue weighted by molar-refractivity contribution is 5.80. The van der Waals surface area contributed by atoms with Crippen LogP contribution in [0.3, 0.4) is 0 Å². The lowest BCUT2D eigenvalue weighted by atomic mass is 9.84. The third-order valence-electron chi connectivity index (χ3n) is 2.40. The summed E-state index contributed by atoms with van der Waals surface area (Å²) in [6, 6.07) is 3.08. The normalized spacial score (nSPS) is 11.2. The zero-order chi connectivity index (χ0) is 12.5. The predicted molar refractivity (Wildman–Crippen MR) is 53.7 cm³/mol. The molecule has 0 heterocycles. The molecule has 16 heavy (non-hydrogen) atoms. The second kappa shape index (κ2) is 3.88. The molecule has 0 bridgehead atoms. The number of nitro groups is 1. The van der Waals surface area contributed by atoms with Gasteiger partial charge in [-0.2, -0.15) is 4.39 Å². The van der Waals surface area contributed by atoms with E-state index in [1.54, 1.807) is 0 Å². The van der Waals surface area contributed by atoms with E-state index in [2.05, 4.69) is 0 Å². The Bertz CT molecular complexity index is 456. The number of nitrogens with zero attached hydrogens (tertiary/aromatic N) is 1. The molecule has 0 aliphatic heterocycles. The summed E-state index contributed by atoms with van der Waals surface area (Å²) in [6.45, 7) is 2.79. The number of halogens is 1. The van der Waals surface area contributed by atoms with E-state index >= 15 is 0 Å². The molecule has 5 nitrogen and oxygen atoms in total. The molecule has 1 aromatic carbocycles. The minimum atomic E-state index is -1.29. The number of hydrogen-bond acceptors (Lipinski definition) is 3. The van der Waals surface area contributed by atoms with E-state index in [1.165, 1.54) is 19.9 Å². The van der Waals surface area contributed by atoms with E-state index < -0.39 is 27.8 Å². The van der Waals surface area contributed by atoms with Gasteiger partial charge in [-0.05, 0) is 25.5 Å². The van der Waals surface area contributed by atoms with Crippen molar-refractivity contribution in [2.45, 2.75) is 19.3 Å². The van der Waals surface area contributed by atoms with Crippen molar-refractivity contribution >= 4 is 11.7 Å². The fourth-order valence-electron chi connectivity index (χ4n) is 1.16. The Labute approximate surface area is 90.7 Å². The van der Waals surface area contributed by atoms with Crippen LogP contribution in [-0.4, -0.2) is 16.0 Å². The molecule has 0 spiro atoms. The lowest BCUT2D eigenvalue weighted by molar-refractivity contribution is -0.387. The molecule has 0 unspecified atom stereocenters. The van der Waals surface area contributed by atoms with Gasteiger partial charge < -0.3 is 5.11 Å². The van der Waals surface area contributed by atoms with Crippen LogP contribution in [0.1, 0.15) is 19.4 Å². The topological polar surface area (TPSA) is 80.4 Å². The Balaban J connectivity index is 3.33. The lowest BCUT2D eigenvalue weighted by Crippen LogP contribution is -2.28. The smallest absolute Gasteiger partial charge is 0.313 e. The molecule has 0 amide bonds. The molecule has 0 radical (unpaired) electrons. The Morgan fingerprint density at radius 3 is 2.50 bits per heavy atom. The summed E-state index contributed by atoms with van der Waals surface area (Å²) in [5.41, 5.74) is -1.82. The van der Waals surface area contributed by atoms with Crippen LogP contribution >= 0.6 is 0 Å². The summed E-state index contributed by atoms with van der Waals surface area (Å²) >= 11 is 0. The second-order valence-corrected chi connectivity index (χ2v) is 3.85. The average molecular weight is 227 g/mol. The quantitative estimate of drug-likeness (QED) is 0.633. The maximum Gasteiger partial charge on any atom is 0.313 e. The average Bonchev–Trinajstić information content (AvgIpc) is 2.17. The predicted octanol–water partition coefficient (Wildman–Crippen LogP) is 2.10. The van der Waals surface area contributed by atoms with Crippen molar-refractivity contribution in [3.8, 4) is 0 Å². The number of hydrogen-bond donors (Lipinski definition) is 1. The van der Waals surface area contributed by atoms with Gasteiger partial charge in [-0.25, -0.2) is 0 Å². The highest BCUT2D eigenvalue weighted by atomic mass is 19.1. The minimum Gasteiger partial charge on any atom is -0.481 e. The zero-order valence-corrected chi connectivity index (χ0v) is 8.73. The number of benzene rings is 1. The van der Waals surface area contributed by atoms with Crippen LogP contribution in [-0.2, 0) is 10.2 Å². The van der Waals surface area contributed by atoms with E-state index in [4.69, 9.17) is 5.11 Å². The van der Waals surface area contributed by atoms with Crippen molar-refractivity contribution < 1.29 is 19.2 Å². The van der Waals surface area contributed by atoms with E-state index in [0.717, 1.165) is 12.1 Å². The van der Waals surface area contributed by atoms with Crippen LogP contribution < -0.4 is 0 Å². The van der Waals surface area contributed by atoms with Crippen LogP contribution in [0.25, 0.3) is 0 Å². The molecular weight excluding hydrogens is 217 g/mol. The number of nitro benzene ring substituents is 1. The first kappa shape index (κ1) is 12.1. The van der Waals surface area contributed by atoms with Crippen LogP contribution in [0.4, 0.5) is 10.1 Å². The number of carbonyl (C=O) groups is 1. The van der Waals surface area contributed by atoms with Gasteiger partial charge in [0.05, 0.1) is 10.3 Å². The van der Waals surface area contributed by atoms with Gasteiger partial charge in [0.25, 0.3) is 0 Å². The molecule has 6 heteroatoms. The molecular formula is C10H10FNO4. The van der Waals surface area contributed by atoms with Gasteiger partial charge in [0.2, 0.25) is 5.82 Å². The van der Waals surface area contributed by atoms with Crippen molar-refractivity contribution in [1.29, 1.82) is 0 Å². The van der Waals surface area contributed by atoms with Crippen molar-refractivity contribution in [3.63, 3.8) is 0 Å². The van der Waals surface area contributed by atoms with Crippen molar-refractivity contribution in [2.75, 3.05) is 0 Å². The van der Waals surface area contributed by atoms with E-state index in [0.29, 0.717) is 0 Å². The van der Waals surface area contributed by atoms with E-state index in [9.17, 15) is 19.3 Å². The Morgan fingerprint density at radius 2 is 2.06 bits per heavy atom. The number of aliphatic carboxylic acids is 1. The number of carboxylic acids is 1. The molecule has 0 aliphatic rings. The molecule has 1 N–H and O–H groups in total. The van der Waals surface area contributed by atoms with Gasteiger partial charge in [0, 0.05) is 6.07 Å². The van der Waals surface area contributed by atoms with Crippen molar-refractivity contribution in [1.82, 2.24) is 0 Å². The fourth-order valence-corrected chi connectivity index (χ4v) is 1.16. The van der Waals surface area contributed by atoms with E-state index in [1.807, 2.05) is 0 Å². The molecule has 0 fully saturated rings. The van der Waals surface area contributed by atoms with Crippen molar-refractivity contribution in [2.24, 2.45) is 0 Å². The Morgan fingerprint density at radius 1 is 1.50 bits per heavy atom. The largest absolute Gasteiger partial charge is 0.481 e. The Kier molecular flexibility index (Phi) is 2.93. The summed E-state index contributed by atoms with van der Waals surface area (Å²) < 4.78 is 13.0. The first-order valence-electron chi connectivity index (χ1n) is 4.44. The summed E-state index contributed by atoms with van der Waals surface area (Å²) in [5, 5.41) is 19.4. The van der Waals surface area contributed by atoms with Gasteiger partial charge in [0.15, 0.2) is 0 Å². The highest BCUT2D eigenvalue weighted by Gasteiger charge is 2.31. The van der Waals surface area contributed by atoms with Crippen LogP contribution in [0.15, 0.2) is 18.2 Å². The summed E-state index contributed by atoms with van der Waals surface area (Å²) in [5.74, 6) is -2.11. The fraction of sp³-hybridized carbons (Fsp3) is 0.300. The van der Waals surface area contributed by atoms with Crippen LogP contribution in [0.2, 0.25) is 0 Å². The molecule has 1 rings (SSSR count). The SMILES string of the molecule is CC(C)(C(=O)O)c1ccc(F)c([N+](=O)[O-])c1. The van der Waals surface area contributed by atoms with Gasteiger partial charge >= 0.3 is 11.7 Å². The summed E-state index contributed by atoms with van der Waals surface area (Å²) in [4.78, 5) is 20.5.